The van der Waals surface area contributed by atoms with Crippen LogP contribution in [0.25, 0.3) is 0 Å². The molecule has 28 heavy (non-hydrogen) atoms. The molecule has 1 saturated heterocycles. The summed E-state index contributed by atoms with van der Waals surface area (Å²) in [6.07, 6.45) is 6.24. The zero-order chi connectivity index (χ0) is 19.6. The van der Waals surface area contributed by atoms with Crippen LogP contribution in [0.5, 0.6) is 5.75 Å². The molecule has 5 heteroatoms. The topological polar surface area (TPSA) is 45.7 Å². The molecule has 0 atom stereocenters. The molecule has 2 heterocycles. The Balaban J connectivity index is 1.41. The average molecular weight is 382 g/mol. The van der Waals surface area contributed by atoms with E-state index < -0.39 is 0 Å². The molecule has 0 N–H and O–H groups in total. The van der Waals surface area contributed by atoms with Crippen LogP contribution in [0.1, 0.15) is 42.2 Å². The molecule has 150 valence electrons. The molecule has 1 aromatic carbocycles. The second-order valence-corrected chi connectivity index (χ2v) is 7.28. The maximum absolute atomic E-state index is 12.8. The largest absolute Gasteiger partial charge is 0.494 e. The average Bonchev–Trinajstić information content (AvgIpc) is 2.76. The Labute approximate surface area is 168 Å². The van der Waals surface area contributed by atoms with Crippen LogP contribution in [-0.2, 0) is 6.42 Å². The molecule has 5 nitrogen and oxygen atoms in total. The highest BCUT2D eigenvalue weighted by molar-refractivity contribution is 5.94. The summed E-state index contributed by atoms with van der Waals surface area (Å²) in [6, 6.07) is 13.6. The lowest BCUT2D eigenvalue weighted by Crippen LogP contribution is -2.49. The van der Waals surface area contributed by atoms with Crippen LogP contribution in [0.3, 0.4) is 0 Å². The molecular formula is C23H31N3O2. The van der Waals surface area contributed by atoms with E-state index in [1.165, 1.54) is 12.8 Å². The number of hydrogen-bond donors (Lipinski definition) is 0. The number of amides is 1. The van der Waals surface area contributed by atoms with Crippen LogP contribution in [-0.4, -0.2) is 60.0 Å². The van der Waals surface area contributed by atoms with E-state index in [-0.39, 0.29) is 5.91 Å². The summed E-state index contributed by atoms with van der Waals surface area (Å²) in [6.45, 7) is 7.28. The zero-order valence-electron chi connectivity index (χ0n) is 16.8. The Bertz CT molecular complexity index is 710. The molecule has 0 unspecified atom stereocenters. The molecule has 0 bridgehead atoms. The van der Waals surface area contributed by atoms with Crippen LogP contribution in [0, 0.1) is 0 Å². The van der Waals surface area contributed by atoms with Crippen molar-refractivity contribution in [3.63, 3.8) is 0 Å². The number of carbonyl (C=O) groups excluding carboxylic acids is 1. The van der Waals surface area contributed by atoms with Crippen molar-refractivity contribution < 1.29 is 9.53 Å². The van der Waals surface area contributed by atoms with Crippen molar-refractivity contribution in [1.29, 1.82) is 0 Å². The van der Waals surface area contributed by atoms with Crippen molar-refractivity contribution in [1.82, 2.24) is 14.8 Å². The number of aromatic nitrogens is 1. The summed E-state index contributed by atoms with van der Waals surface area (Å²) in [4.78, 5) is 21.5. The first-order chi connectivity index (χ1) is 13.8. The van der Waals surface area contributed by atoms with Crippen LogP contribution in [0.2, 0.25) is 0 Å². The minimum atomic E-state index is 0.113. The standard InChI is InChI=1S/C23H31N3O2/c1-2-3-6-19-28-22-10-8-20(9-11-22)23(27)26-17-15-25(16-18-26)14-12-21-7-4-5-13-24-21/h4-5,7-11,13H,2-3,6,12,14-19H2,1H3. The van der Waals surface area contributed by atoms with Crippen LogP contribution in [0.4, 0.5) is 0 Å². The van der Waals surface area contributed by atoms with E-state index in [0.29, 0.717) is 0 Å². The predicted molar refractivity (Wildman–Crippen MR) is 112 cm³/mol. The first-order valence-electron chi connectivity index (χ1n) is 10.4. The Kier molecular flexibility index (Phi) is 7.85. The molecule has 0 aliphatic carbocycles. The monoisotopic (exact) mass is 381 g/mol. The minimum Gasteiger partial charge on any atom is -0.494 e. The summed E-state index contributed by atoms with van der Waals surface area (Å²) < 4.78 is 5.73. The SMILES string of the molecule is CCCCCOc1ccc(C(=O)N2CCN(CCc3ccccn3)CC2)cc1. The van der Waals surface area contributed by atoms with E-state index in [1.54, 1.807) is 0 Å². The van der Waals surface area contributed by atoms with Crippen molar-refractivity contribution >= 4 is 5.91 Å². The maximum atomic E-state index is 12.8. The third-order valence-corrected chi connectivity index (χ3v) is 5.19. The first kappa shape index (κ1) is 20.3. The molecule has 0 radical (unpaired) electrons. The van der Waals surface area contributed by atoms with Crippen molar-refractivity contribution in [3.05, 3.63) is 59.9 Å². The normalized spacial score (nSPS) is 14.8. The van der Waals surface area contributed by atoms with E-state index in [1.807, 2.05) is 47.5 Å². The van der Waals surface area contributed by atoms with E-state index in [0.717, 1.165) is 69.2 Å². The van der Waals surface area contributed by atoms with Gasteiger partial charge in [0.05, 0.1) is 6.61 Å². The molecule has 0 saturated carbocycles. The Morgan fingerprint density at radius 1 is 1.04 bits per heavy atom. The van der Waals surface area contributed by atoms with Gasteiger partial charge in [-0.25, -0.2) is 0 Å². The number of ether oxygens (including phenoxy) is 1. The number of unbranched alkanes of at least 4 members (excludes halogenated alkanes) is 2. The number of nitrogens with zero attached hydrogens (tertiary/aromatic N) is 3. The second-order valence-electron chi connectivity index (χ2n) is 7.28. The number of carbonyl (C=O) groups is 1. The fourth-order valence-electron chi connectivity index (χ4n) is 3.41. The van der Waals surface area contributed by atoms with Crippen molar-refractivity contribution in [2.45, 2.75) is 32.6 Å². The molecule has 2 aromatic rings. The van der Waals surface area contributed by atoms with E-state index >= 15 is 0 Å². The quantitative estimate of drug-likeness (QED) is 0.622. The highest BCUT2D eigenvalue weighted by Crippen LogP contribution is 2.15. The van der Waals surface area contributed by atoms with Gasteiger partial charge in [0.1, 0.15) is 5.75 Å². The van der Waals surface area contributed by atoms with Gasteiger partial charge in [0.2, 0.25) is 0 Å². The Hall–Kier alpha value is -2.40. The van der Waals surface area contributed by atoms with Gasteiger partial charge in [-0.2, -0.15) is 0 Å². The molecule has 1 aliphatic rings. The van der Waals surface area contributed by atoms with Gasteiger partial charge in [-0.05, 0) is 42.8 Å². The van der Waals surface area contributed by atoms with Crippen molar-refractivity contribution in [2.75, 3.05) is 39.3 Å². The summed E-state index contributed by atoms with van der Waals surface area (Å²) in [5.74, 6) is 0.953. The van der Waals surface area contributed by atoms with E-state index in [9.17, 15) is 4.79 Å². The molecule has 0 spiro atoms. The number of benzene rings is 1. The molecule has 1 fully saturated rings. The Morgan fingerprint density at radius 2 is 1.82 bits per heavy atom. The fraction of sp³-hybridized carbons (Fsp3) is 0.478. The molecule has 1 aliphatic heterocycles. The molecule has 1 amide bonds. The predicted octanol–water partition coefficient (Wildman–Crippen LogP) is 3.65. The van der Waals surface area contributed by atoms with Gasteiger partial charge in [0.25, 0.3) is 5.91 Å². The fourth-order valence-corrected chi connectivity index (χ4v) is 3.41. The summed E-state index contributed by atoms with van der Waals surface area (Å²) in [7, 11) is 0. The van der Waals surface area contributed by atoms with Gasteiger partial charge in [0, 0.05) is 56.6 Å². The van der Waals surface area contributed by atoms with Gasteiger partial charge in [-0.3, -0.25) is 14.7 Å². The molecule has 3 rings (SSSR count). The van der Waals surface area contributed by atoms with Crippen molar-refractivity contribution in [2.24, 2.45) is 0 Å². The van der Waals surface area contributed by atoms with Crippen LogP contribution >= 0.6 is 0 Å². The van der Waals surface area contributed by atoms with Gasteiger partial charge < -0.3 is 9.64 Å². The summed E-state index contributed by atoms with van der Waals surface area (Å²) in [5.41, 5.74) is 1.86. The maximum Gasteiger partial charge on any atom is 0.253 e. The van der Waals surface area contributed by atoms with Gasteiger partial charge in [0.15, 0.2) is 0 Å². The van der Waals surface area contributed by atoms with Crippen molar-refractivity contribution in [3.8, 4) is 5.75 Å². The summed E-state index contributed by atoms with van der Waals surface area (Å²) in [5, 5.41) is 0. The van der Waals surface area contributed by atoms with Gasteiger partial charge in [-0.15, -0.1) is 0 Å². The third kappa shape index (κ3) is 6.06. The highest BCUT2D eigenvalue weighted by Gasteiger charge is 2.22. The molecule has 1 aromatic heterocycles. The molecular weight excluding hydrogens is 350 g/mol. The lowest BCUT2D eigenvalue weighted by atomic mass is 10.1. The third-order valence-electron chi connectivity index (χ3n) is 5.19. The number of pyridine rings is 1. The Morgan fingerprint density at radius 3 is 2.50 bits per heavy atom. The number of hydrogen-bond acceptors (Lipinski definition) is 4. The first-order valence-corrected chi connectivity index (χ1v) is 10.4. The van der Waals surface area contributed by atoms with Gasteiger partial charge in [-0.1, -0.05) is 25.8 Å². The van der Waals surface area contributed by atoms with Crippen LogP contribution < -0.4 is 4.74 Å². The van der Waals surface area contributed by atoms with Gasteiger partial charge >= 0.3 is 0 Å². The van der Waals surface area contributed by atoms with E-state index in [2.05, 4.69) is 22.9 Å². The second kappa shape index (κ2) is 10.8. The zero-order valence-corrected chi connectivity index (χ0v) is 16.8. The number of rotatable bonds is 9. The lowest BCUT2D eigenvalue weighted by Gasteiger charge is -2.34. The van der Waals surface area contributed by atoms with Crippen LogP contribution in [0.15, 0.2) is 48.7 Å². The lowest BCUT2D eigenvalue weighted by molar-refractivity contribution is 0.0638. The minimum absolute atomic E-state index is 0.113. The van der Waals surface area contributed by atoms with E-state index in [4.69, 9.17) is 4.74 Å². The number of piperazine rings is 1. The summed E-state index contributed by atoms with van der Waals surface area (Å²) >= 11 is 0. The highest BCUT2D eigenvalue weighted by atomic mass is 16.5. The smallest absolute Gasteiger partial charge is 0.253 e.